The van der Waals surface area contributed by atoms with Crippen LogP contribution in [0.15, 0.2) is 18.2 Å². The maximum atomic E-state index is 13.1. The molecule has 1 amide bonds. The lowest BCUT2D eigenvalue weighted by molar-refractivity contribution is -0.153. The van der Waals surface area contributed by atoms with Crippen molar-refractivity contribution < 1.29 is 23.5 Å². The van der Waals surface area contributed by atoms with E-state index in [1.165, 1.54) is 11.0 Å². The topological polar surface area (TPSA) is 57.6 Å². The number of benzene rings is 1. The van der Waals surface area contributed by atoms with Gasteiger partial charge in [0, 0.05) is 13.0 Å². The third-order valence-electron chi connectivity index (χ3n) is 4.31. The van der Waals surface area contributed by atoms with Crippen molar-refractivity contribution in [2.75, 3.05) is 6.54 Å². The average molecular weight is 325 g/mol. The highest BCUT2D eigenvalue weighted by Crippen LogP contribution is 2.24. The molecular formula is C17H21F2NO3. The molecule has 23 heavy (non-hydrogen) atoms. The summed E-state index contributed by atoms with van der Waals surface area (Å²) < 4.78 is 26.0. The minimum atomic E-state index is -0.967. The van der Waals surface area contributed by atoms with Crippen LogP contribution in [-0.2, 0) is 16.0 Å². The summed E-state index contributed by atoms with van der Waals surface area (Å²) in [4.78, 5) is 25.0. The first-order valence-electron chi connectivity index (χ1n) is 7.84. The van der Waals surface area contributed by atoms with Gasteiger partial charge in [-0.2, -0.15) is 0 Å². The molecule has 1 aromatic carbocycles. The number of hydrogen-bond acceptors (Lipinski definition) is 2. The van der Waals surface area contributed by atoms with E-state index in [1.807, 2.05) is 6.92 Å². The molecule has 1 fully saturated rings. The number of carbonyl (C=O) groups is 2. The summed E-state index contributed by atoms with van der Waals surface area (Å²) in [6.07, 6.45) is 2.41. The predicted octanol–water partition coefficient (Wildman–Crippen LogP) is 3.00. The van der Waals surface area contributed by atoms with Crippen molar-refractivity contribution in [2.24, 2.45) is 5.92 Å². The lowest BCUT2D eigenvalue weighted by Crippen LogP contribution is -2.49. The number of likely N-dealkylation sites (tertiary alicyclic amines) is 1. The van der Waals surface area contributed by atoms with E-state index in [0.717, 1.165) is 18.6 Å². The fourth-order valence-electron chi connectivity index (χ4n) is 2.96. The van der Waals surface area contributed by atoms with Crippen molar-refractivity contribution in [1.82, 2.24) is 4.90 Å². The number of amides is 1. The van der Waals surface area contributed by atoms with E-state index in [9.17, 15) is 23.5 Å². The maximum absolute atomic E-state index is 13.1. The summed E-state index contributed by atoms with van der Waals surface area (Å²) in [5, 5.41) is 9.26. The van der Waals surface area contributed by atoms with E-state index < -0.39 is 23.6 Å². The Balaban J connectivity index is 1.88. The highest BCUT2D eigenvalue weighted by Gasteiger charge is 2.34. The molecule has 2 rings (SSSR count). The molecule has 0 bridgehead atoms. The van der Waals surface area contributed by atoms with Crippen molar-refractivity contribution in [3.8, 4) is 0 Å². The number of hydrogen-bond donors (Lipinski definition) is 1. The molecule has 126 valence electrons. The minimum Gasteiger partial charge on any atom is -0.480 e. The molecule has 6 heteroatoms. The van der Waals surface area contributed by atoms with Gasteiger partial charge in [-0.15, -0.1) is 0 Å². The predicted molar refractivity (Wildman–Crippen MR) is 80.8 cm³/mol. The molecule has 2 unspecified atom stereocenters. The van der Waals surface area contributed by atoms with Crippen LogP contribution in [-0.4, -0.2) is 34.5 Å². The molecule has 4 nitrogen and oxygen atoms in total. The molecule has 1 heterocycles. The van der Waals surface area contributed by atoms with Gasteiger partial charge in [0.2, 0.25) is 5.91 Å². The van der Waals surface area contributed by atoms with E-state index in [2.05, 4.69) is 0 Å². The zero-order valence-electron chi connectivity index (χ0n) is 13.1. The number of nitrogens with zero attached hydrogens (tertiary/aromatic N) is 1. The van der Waals surface area contributed by atoms with Crippen LogP contribution in [0, 0.1) is 17.6 Å². The highest BCUT2D eigenvalue weighted by atomic mass is 19.2. The van der Waals surface area contributed by atoms with Gasteiger partial charge in [-0.25, -0.2) is 13.6 Å². The molecule has 0 aromatic heterocycles. The SMILES string of the molecule is CC1CCN(C(=O)CCCc2ccc(F)c(F)c2)C(C(=O)O)C1. The first kappa shape index (κ1) is 17.4. The van der Waals surface area contributed by atoms with Gasteiger partial charge < -0.3 is 10.0 Å². The summed E-state index contributed by atoms with van der Waals surface area (Å²) in [7, 11) is 0. The normalized spacial score (nSPS) is 21.3. The van der Waals surface area contributed by atoms with Crippen LogP contribution in [0.4, 0.5) is 8.78 Å². The number of halogens is 2. The first-order valence-corrected chi connectivity index (χ1v) is 7.84. The van der Waals surface area contributed by atoms with E-state index in [0.29, 0.717) is 37.3 Å². The Morgan fingerprint density at radius 2 is 2.04 bits per heavy atom. The van der Waals surface area contributed by atoms with E-state index in [1.54, 1.807) is 0 Å². The van der Waals surface area contributed by atoms with Gasteiger partial charge >= 0.3 is 5.97 Å². The van der Waals surface area contributed by atoms with E-state index >= 15 is 0 Å². The maximum Gasteiger partial charge on any atom is 0.326 e. The Kier molecular flexibility index (Phi) is 5.69. The van der Waals surface area contributed by atoms with Crippen LogP contribution in [0.3, 0.4) is 0 Å². The van der Waals surface area contributed by atoms with Crippen LogP contribution in [0.1, 0.15) is 38.2 Å². The fourth-order valence-corrected chi connectivity index (χ4v) is 2.96. The van der Waals surface area contributed by atoms with Crippen LogP contribution in [0.5, 0.6) is 0 Å². The van der Waals surface area contributed by atoms with E-state index in [-0.39, 0.29) is 12.3 Å². The van der Waals surface area contributed by atoms with Crippen LogP contribution >= 0.6 is 0 Å². The zero-order valence-corrected chi connectivity index (χ0v) is 13.1. The minimum absolute atomic E-state index is 0.188. The molecular weight excluding hydrogens is 304 g/mol. The van der Waals surface area contributed by atoms with Crippen molar-refractivity contribution in [3.63, 3.8) is 0 Å². The summed E-state index contributed by atoms with van der Waals surface area (Å²) >= 11 is 0. The van der Waals surface area contributed by atoms with Gasteiger partial charge in [0.25, 0.3) is 0 Å². The summed E-state index contributed by atoms with van der Waals surface area (Å²) in [5.41, 5.74) is 0.624. The van der Waals surface area contributed by atoms with Gasteiger partial charge in [0.05, 0.1) is 0 Å². The van der Waals surface area contributed by atoms with Gasteiger partial charge in [0.15, 0.2) is 11.6 Å². The molecule has 1 aromatic rings. The monoisotopic (exact) mass is 325 g/mol. The Bertz CT molecular complexity index is 591. The van der Waals surface area contributed by atoms with Gasteiger partial charge in [0.1, 0.15) is 6.04 Å². The van der Waals surface area contributed by atoms with Crippen molar-refractivity contribution >= 4 is 11.9 Å². The summed E-state index contributed by atoms with van der Waals surface area (Å²) in [6, 6.07) is 2.93. The second kappa shape index (κ2) is 7.53. The Morgan fingerprint density at radius 1 is 1.30 bits per heavy atom. The quantitative estimate of drug-likeness (QED) is 0.905. The van der Waals surface area contributed by atoms with Crippen LogP contribution in [0.25, 0.3) is 0 Å². The largest absolute Gasteiger partial charge is 0.480 e. The molecule has 1 saturated heterocycles. The van der Waals surface area contributed by atoms with E-state index in [4.69, 9.17) is 0 Å². The molecule has 2 atom stereocenters. The Morgan fingerprint density at radius 3 is 2.70 bits per heavy atom. The lowest BCUT2D eigenvalue weighted by Gasteiger charge is -2.36. The average Bonchev–Trinajstić information content (AvgIpc) is 2.50. The molecule has 1 aliphatic rings. The molecule has 0 aliphatic carbocycles. The van der Waals surface area contributed by atoms with Gasteiger partial charge in [-0.1, -0.05) is 13.0 Å². The lowest BCUT2D eigenvalue weighted by atomic mass is 9.92. The standard InChI is InChI=1S/C17H21F2NO3/c1-11-7-8-20(15(9-11)17(22)23)16(21)4-2-3-12-5-6-13(18)14(19)10-12/h5-6,10-11,15H,2-4,7-9H2,1H3,(H,22,23). The number of aliphatic carboxylic acids is 1. The molecule has 0 spiro atoms. The fraction of sp³-hybridized carbons (Fsp3) is 0.529. The van der Waals surface area contributed by atoms with Gasteiger partial charge in [-0.05, 0) is 49.3 Å². The third-order valence-corrected chi connectivity index (χ3v) is 4.31. The molecule has 0 saturated carbocycles. The third kappa shape index (κ3) is 4.50. The first-order chi connectivity index (χ1) is 10.9. The number of piperidine rings is 1. The number of rotatable bonds is 5. The van der Waals surface area contributed by atoms with Crippen molar-refractivity contribution in [2.45, 2.75) is 45.1 Å². The molecule has 1 N–H and O–H groups in total. The number of carboxylic acids is 1. The zero-order chi connectivity index (χ0) is 17.0. The van der Waals surface area contributed by atoms with Crippen molar-refractivity contribution in [1.29, 1.82) is 0 Å². The Labute approximate surface area is 134 Å². The Hall–Kier alpha value is -1.98. The molecule has 1 aliphatic heterocycles. The smallest absolute Gasteiger partial charge is 0.326 e. The summed E-state index contributed by atoms with van der Waals surface area (Å²) in [5.74, 6) is -2.65. The second-order valence-electron chi connectivity index (χ2n) is 6.17. The second-order valence-corrected chi connectivity index (χ2v) is 6.17. The summed E-state index contributed by atoms with van der Waals surface area (Å²) in [6.45, 7) is 2.45. The van der Waals surface area contributed by atoms with Crippen molar-refractivity contribution in [3.05, 3.63) is 35.4 Å². The number of aryl methyl sites for hydroxylation is 1. The number of carboxylic acid groups (broad SMARTS) is 1. The van der Waals surface area contributed by atoms with Crippen LogP contribution in [0.2, 0.25) is 0 Å². The van der Waals surface area contributed by atoms with Crippen LogP contribution < -0.4 is 0 Å². The highest BCUT2D eigenvalue weighted by molar-refractivity contribution is 5.83. The number of carbonyl (C=O) groups excluding carboxylic acids is 1. The molecule has 0 radical (unpaired) electrons. The van der Waals surface area contributed by atoms with Gasteiger partial charge in [-0.3, -0.25) is 4.79 Å².